The van der Waals surface area contributed by atoms with Gasteiger partial charge in [0, 0.05) is 62.6 Å². The average Bonchev–Trinajstić information content (AvgIpc) is 0.729. The van der Waals surface area contributed by atoms with Gasteiger partial charge in [-0.3, -0.25) is 15.0 Å². The third-order valence-electron chi connectivity index (χ3n) is 20.4. The number of allylic oxidation sites excluding steroid dienone is 4. The highest BCUT2D eigenvalue weighted by molar-refractivity contribution is 6.21. The van der Waals surface area contributed by atoms with Crippen molar-refractivity contribution in [3.8, 4) is 67.7 Å². The maximum absolute atomic E-state index is 5.49. The normalized spacial score (nSPS) is 14.9. The number of fused-ring (bicyclic) bond motifs is 13. The van der Waals surface area contributed by atoms with E-state index in [1.165, 1.54) is 82.2 Å². The molecule has 0 saturated heterocycles. The first kappa shape index (κ1) is 55.5. The van der Waals surface area contributed by atoms with E-state index in [1.54, 1.807) is 0 Å². The minimum absolute atomic E-state index is 0.200. The predicted molar refractivity (Wildman–Crippen MR) is 402 cm³/mol. The lowest BCUT2D eigenvalue weighted by Crippen LogP contribution is -2.22. The van der Waals surface area contributed by atoms with Crippen LogP contribution in [0.2, 0.25) is 0 Å². The van der Waals surface area contributed by atoms with Crippen molar-refractivity contribution in [2.24, 2.45) is 16.8 Å². The van der Waals surface area contributed by atoms with Crippen LogP contribution in [0.15, 0.2) is 302 Å². The van der Waals surface area contributed by atoms with E-state index < -0.39 is 0 Å². The lowest BCUT2D eigenvalue weighted by atomic mass is 9.76. The Bertz CT molecular complexity index is 6120. The number of aromatic nitrogens is 5. The lowest BCUT2D eigenvalue weighted by Gasteiger charge is -2.29. The Hall–Kier alpha value is -12.1. The van der Waals surface area contributed by atoms with Gasteiger partial charge in [-0.2, -0.15) is 0 Å². The Labute approximate surface area is 555 Å². The highest BCUT2D eigenvalue weighted by Gasteiger charge is 2.30. The molecule has 6 nitrogen and oxygen atoms in total. The summed E-state index contributed by atoms with van der Waals surface area (Å²) in [6, 6.07) is 96.6. The standard InChI is InChI=1S/C90H60N6/c1-53-46-64(84-54(2)47-65-40-36-56-22-17-45-91-86(56)87(65)93-84)42-43-66(53)83-75-31-15-14-30-74(75)82(63-39-33-55-18-3-4-19-59(55)48-63)76-44-41-62(49-78(76)83)81-52-92-85(77-32-16-13-29-73(77)81)57-34-37-58(38-35-57)88-94-89(79-50-60-20-5-7-23-67(60)69-25-9-11-27-71(69)79)96-90(95-88)80-51-61-21-6-8-24-68(61)70-26-10-12-28-72(70)80/h3-45,48-54H,46-47H2,1-2H3. The molecule has 4 heterocycles. The second-order valence-electron chi connectivity index (χ2n) is 26.1. The first-order chi connectivity index (χ1) is 47.4. The topological polar surface area (TPSA) is 76.8 Å². The SMILES string of the molecule is CC1CC(C2=Nc3c(ccc4cccnc34)CC2C)=CC=C1c1c2ccccc2c(-c2ccc3ccccc3c2)c2ccc(-c3cnc(-c4ccc(-c5nc(-c6cc7ccccc7c7ccccc67)nc(-c6cc7ccccc7c7ccccc67)n5)cc4)c4ccccc34)cc12. The first-order valence-corrected chi connectivity index (χ1v) is 33.3. The molecule has 96 heavy (non-hydrogen) atoms. The summed E-state index contributed by atoms with van der Waals surface area (Å²) in [6.45, 7) is 4.73. The van der Waals surface area contributed by atoms with Gasteiger partial charge in [-0.15, -0.1) is 0 Å². The minimum Gasteiger partial charge on any atom is -0.255 e. The molecule has 14 aromatic carbocycles. The zero-order valence-electron chi connectivity index (χ0n) is 53.0. The molecular formula is C90H60N6. The fourth-order valence-electron chi connectivity index (χ4n) is 15.9. The Morgan fingerprint density at radius 3 is 1.52 bits per heavy atom. The summed E-state index contributed by atoms with van der Waals surface area (Å²) >= 11 is 0. The van der Waals surface area contributed by atoms with Crippen molar-refractivity contribution < 1.29 is 0 Å². The molecule has 1 aliphatic heterocycles. The number of hydrogen-bond donors (Lipinski definition) is 0. The van der Waals surface area contributed by atoms with Crippen molar-refractivity contribution in [2.45, 2.75) is 26.7 Å². The summed E-state index contributed by atoms with van der Waals surface area (Å²) in [7, 11) is 0. The molecule has 450 valence electrons. The minimum atomic E-state index is 0.200. The van der Waals surface area contributed by atoms with Crippen LogP contribution >= 0.6 is 0 Å². The first-order valence-electron chi connectivity index (χ1n) is 33.3. The van der Waals surface area contributed by atoms with Gasteiger partial charge < -0.3 is 0 Å². The number of benzene rings is 14. The van der Waals surface area contributed by atoms with Gasteiger partial charge in [-0.25, -0.2) is 15.0 Å². The van der Waals surface area contributed by atoms with Crippen LogP contribution in [-0.4, -0.2) is 30.6 Å². The number of pyridine rings is 2. The van der Waals surface area contributed by atoms with E-state index in [-0.39, 0.29) is 11.8 Å². The smallest absolute Gasteiger partial charge is 0.164 e. The molecule has 0 saturated carbocycles. The van der Waals surface area contributed by atoms with Gasteiger partial charge in [0.25, 0.3) is 0 Å². The fourth-order valence-corrected chi connectivity index (χ4v) is 15.9. The molecule has 2 unspecified atom stereocenters. The van der Waals surface area contributed by atoms with E-state index in [4.69, 9.17) is 29.9 Å². The fraction of sp³-hybridized carbons (Fsp3) is 0.0667. The maximum atomic E-state index is 5.49. The van der Waals surface area contributed by atoms with Gasteiger partial charge in [-0.1, -0.05) is 263 Å². The van der Waals surface area contributed by atoms with Crippen LogP contribution in [0, 0.1) is 11.8 Å². The number of nitrogens with zero attached hydrogens (tertiary/aromatic N) is 6. The highest BCUT2D eigenvalue weighted by Crippen LogP contribution is 2.49. The van der Waals surface area contributed by atoms with Crippen molar-refractivity contribution in [1.82, 2.24) is 24.9 Å². The number of aliphatic imine (C=N–C) groups is 1. The molecule has 19 rings (SSSR count). The molecule has 0 fully saturated rings. The Balaban J connectivity index is 0.749. The van der Waals surface area contributed by atoms with Gasteiger partial charge in [0.15, 0.2) is 17.5 Å². The van der Waals surface area contributed by atoms with E-state index in [1.807, 2.05) is 12.3 Å². The molecule has 0 bridgehead atoms. The molecule has 2 atom stereocenters. The highest BCUT2D eigenvalue weighted by atomic mass is 15.0. The van der Waals surface area contributed by atoms with Crippen LogP contribution in [-0.2, 0) is 6.42 Å². The monoisotopic (exact) mass is 1220 g/mol. The Morgan fingerprint density at radius 1 is 0.323 bits per heavy atom. The van der Waals surface area contributed by atoms with E-state index in [0.717, 1.165) is 112 Å². The van der Waals surface area contributed by atoms with Gasteiger partial charge in [-0.05, 0) is 169 Å². The van der Waals surface area contributed by atoms with Crippen LogP contribution < -0.4 is 0 Å². The Kier molecular flexibility index (Phi) is 12.9. The zero-order valence-corrected chi connectivity index (χ0v) is 53.0. The summed E-state index contributed by atoms with van der Waals surface area (Å²) in [4.78, 5) is 32.0. The summed E-state index contributed by atoms with van der Waals surface area (Å²) in [5.74, 6) is 2.32. The van der Waals surface area contributed by atoms with E-state index in [9.17, 15) is 0 Å². The van der Waals surface area contributed by atoms with Crippen molar-refractivity contribution in [1.29, 1.82) is 0 Å². The lowest BCUT2D eigenvalue weighted by molar-refractivity contribution is 0.712. The van der Waals surface area contributed by atoms with Crippen molar-refractivity contribution in [3.05, 3.63) is 308 Å². The quantitative estimate of drug-likeness (QED) is 0.112. The zero-order chi connectivity index (χ0) is 63.5. The molecule has 0 radical (unpaired) electrons. The second-order valence-corrected chi connectivity index (χ2v) is 26.1. The summed E-state index contributed by atoms with van der Waals surface area (Å²) in [5, 5.41) is 19.8. The average molecular weight is 1230 g/mol. The molecule has 0 spiro atoms. The maximum Gasteiger partial charge on any atom is 0.164 e. The molecule has 0 N–H and O–H groups in total. The van der Waals surface area contributed by atoms with Crippen molar-refractivity contribution >= 4 is 114 Å². The van der Waals surface area contributed by atoms with E-state index >= 15 is 0 Å². The third kappa shape index (κ3) is 9.08. The van der Waals surface area contributed by atoms with Crippen LogP contribution in [0.3, 0.4) is 0 Å². The number of hydrogen-bond acceptors (Lipinski definition) is 6. The second kappa shape index (κ2) is 22.3. The molecule has 3 aromatic heterocycles. The molecule has 17 aromatic rings. The van der Waals surface area contributed by atoms with E-state index in [0.29, 0.717) is 17.5 Å². The molecule has 2 aliphatic rings. The van der Waals surface area contributed by atoms with Crippen LogP contribution in [0.5, 0.6) is 0 Å². The van der Waals surface area contributed by atoms with Crippen LogP contribution in [0.1, 0.15) is 31.4 Å². The third-order valence-corrected chi connectivity index (χ3v) is 20.4. The van der Waals surface area contributed by atoms with Gasteiger partial charge in [0.05, 0.1) is 16.9 Å². The van der Waals surface area contributed by atoms with Gasteiger partial charge in [0.2, 0.25) is 0 Å². The molecule has 1 aliphatic carbocycles. The van der Waals surface area contributed by atoms with Crippen molar-refractivity contribution in [3.63, 3.8) is 0 Å². The van der Waals surface area contributed by atoms with Crippen LogP contribution in [0.4, 0.5) is 5.69 Å². The van der Waals surface area contributed by atoms with Gasteiger partial charge >= 0.3 is 0 Å². The summed E-state index contributed by atoms with van der Waals surface area (Å²) in [5.41, 5.74) is 17.7. The van der Waals surface area contributed by atoms with E-state index in [2.05, 4.69) is 293 Å². The van der Waals surface area contributed by atoms with Gasteiger partial charge in [0.1, 0.15) is 0 Å². The largest absolute Gasteiger partial charge is 0.255 e. The molecular weight excluding hydrogens is 1170 g/mol. The summed E-state index contributed by atoms with van der Waals surface area (Å²) in [6.07, 6.45) is 10.6. The molecule has 6 heteroatoms. The van der Waals surface area contributed by atoms with Crippen molar-refractivity contribution in [2.75, 3.05) is 0 Å². The number of rotatable bonds is 8. The molecule has 0 amide bonds. The summed E-state index contributed by atoms with van der Waals surface area (Å²) < 4.78 is 0. The Morgan fingerprint density at radius 2 is 0.844 bits per heavy atom. The van der Waals surface area contributed by atoms with Crippen LogP contribution in [0.25, 0.3) is 170 Å². The predicted octanol–water partition coefficient (Wildman–Crippen LogP) is 23.4.